The lowest BCUT2D eigenvalue weighted by molar-refractivity contribution is 0.0317. The molecule has 0 bridgehead atoms. The maximum atomic E-state index is 5.87. The molecule has 20 heavy (non-hydrogen) atoms. The van der Waals surface area contributed by atoms with E-state index in [1.807, 2.05) is 30.3 Å². The predicted octanol–water partition coefficient (Wildman–Crippen LogP) is 4.35. The Kier molecular flexibility index (Phi) is 6.74. The summed E-state index contributed by atoms with van der Waals surface area (Å²) in [5.74, 6) is 1.85. The molecule has 0 aromatic heterocycles. The molecule has 0 heterocycles. The normalized spacial score (nSPS) is 18.4. The van der Waals surface area contributed by atoms with Gasteiger partial charge >= 0.3 is 0 Å². The lowest BCUT2D eigenvalue weighted by Gasteiger charge is -2.30. The van der Waals surface area contributed by atoms with Crippen molar-refractivity contribution in [1.29, 1.82) is 0 Å². The number of ether oxygens (including phenoxy) is 2. The number of hydrogen-bond donors (Lipinski definition) is 1. The van der Waals surface area contributed by atoms with Gasteiger partial charge in [0.2, 0.25) is 0 Å². The van der Waals surface area contributed by atoms with Crippen LogP contribution in [0.2, 0.25) is 0 Å². The highest BCUT2D eigenvalue weighted by molar-refractivity contribution is 7.80. The third kappa shape index (κ3) is 5.02. The van der Waals surface area contributed by atoms with Crippen molar-refractivity contribution in [1.82, 2.24) is 0 Å². The molecule has 0 N–H and O–H groups in total. The van der Waals surface area contributed by atoms with Gasteiger partial charge in [0.1, 0.15) is 12.4 Å². The fourth-order valence-electron chi connectivity index (χ4n) is 2.85. The van der Waals surface area contributed by atoms with Gasteiger partial charge in [-0.05, 0) is 30.7 Å². The maximum absolute atomic E-state index is 5.87. The fourth-order valence-corrected chi connectivity index (χ4v) is 3.26. The Labute approximate surface area is 128 Å². The minimum atomic E-state index is 0.298. The summed E-state index contributed by atoms with van der Waals surface area (Å²) in [6.45, 7) is 2.10. The fraction of sp³-hybridized carbons (Fsp3) is 0.647. The van der Waals surface area contributed by atoms with Crippen LogP contribution in [0.4, 0.5) is 0 Å². The molecule has 3 heteroatoms. The standard InChI is InChI=1S/C17H26O2S/c20-15-17(10-6-1-2-7-11-17)14-18-12-13-19-16-8-4-3-5-9-16/h3-5,8-9,20H,1-2,6-7,10-15H2. The van der Waals surface area contributed by atoms with E-state index in [2.05, 4.69) is 12.6 Å². The van der Waals surface area contributed by atoms with Gasteiger partial charge in [-0.3, -0.25) is 0 Å². The van der Waals surface area contributed by atoms with E-state index in [-0.39, 0.29) is 0 Å². The van der Waals surface area contributed by atoms with E-state index in [1.54, 1.807) is 0 Å². The molecular formula is C17H26O2S. The van der Waals surface area contributed by atoms with Crippen LogP contribution in [-0.2, 0) is 4.74 Å². The third-order valence-corrected chi connectivity index (χ3v) is 4.82. The molecule has 2 rings (SSSR count). The van der Waals surface area contributed by atoms with E-state index in [0.717, 1.165) is 18.1 Å². The van der Waals surface area contributed by atoms with Crippen LogP contribution in [0.5, 0.6) is 5.75 Å². The van der Waals surface area contributed by atoms with Gasteiger partial charge in [-0.2, -0.15) is 12.6 Å². The first kappa shape index (κ1) is 15.7. The second-order valence-corrected chi connectivity index (χ2v) is 6.10. The van der Waals surface area contributed by atoms with Gasteiger partial charge in [-0.25, -0.2) is 0 Å². The van der Waals surface area contributed by atoms with Crippen molar-refractivity contribution in [2.24, 2.45) is 5.41 Å². The van der Waals surface area contributed by atoms with E-state index in [0.29, 0.717) is 18.6 Å². The molecule has 1 aliphatic rings. The summed E-state index contributed by atoms with van der Waals surface area (Å²) in [5, 5.41) is 0. The quantitative estimate of drug-likeness (QED) is 0.458. The van der Waals surface area contributed by atoms with E-state index in [4.69, 9.17) is 9.47 Å². The van der Waals surface area contributed by atoms with Crippen molar-refractivity contribution >= 4 is 12.6 Å². The molecule has 0 spiro atoms. The minimum Gasteiger partial charge on any atom is -0.491 e. The molecule has 0 radical (unpaired) electrons. The van der Waals surface area contributed by atoms with Crippen LogP contribution < -0.4 is 4.74 Å². The zero-order valence-corrected chi connectivity index (χ0v) is 13.1. The lowest BCUT2D eigenvalue weighted by Crippen LogP contribution is -2.29. The van der Waals surface area contributed by atoms with E-state index < -0.39 is 0 Å². The summed E-state index contributed by atoms with van der Waals surface area (Å²) in [7, 11) is 0. The summed E-state index contributed by atoms with van der Waals surface area (Å²) < 4.78 is 11.5. The molecule has 112 valence electrons. The Morgan fingerprint density at radius 3 is 2.30 bits per heavy atom. The van der Waals surface area contributed by atoms with Crippen molar-refractivity contribution in [3.63, 3.8) is 0 Å². The van der Waals surface area contributed by atoms with Crippen LogP contribution in [0, 0.1) is 5.41 Å². The first-order valence-electron chi connectivity index (χ1n) is 7.71. The number of thiol groups is 1. The molecule has 0 saturated heterocycles. The predicted molar refractivity (Wildman–Crippen MR) is 86.7 cm³/mol. The molecular weight excluding hydrogens is 268 g/mol. The Morgan fingerprint density at radius 2 is 1.65 bits per heavy atom. The van der Waals surface area contributed by atoms with Crippen LogP contribution >= 0.6 is 12.6 Å². The van der Waals surface area contributed by atoms with Crippen molar-refractivity contribution in [2.75, 3.05) is 25.6 Å². The maximum Gasteiger partial charge on any atom is 0.119 e. The third-order valence-electron chi connectivity index (χ3n) is 4.15. The lowest BCUT2D eigenvalue weighted by atomic mass is 9.83. The zero-order chi connectivity index (χ0) is 14.1. The van der Waals surface area contributed by atoms with Crippen LogP contribution in [0.25, 0.3) is 0 Å². The average Bonchev–Trinajstić information content (AvgIpc) is 2.74. The molecule has 0 aliphatic heterocycles. The van der Waals surface area contributed by atoms with Crippen LogP contribution in [0.15, 0.2) is 30.3 Å². The van der Waals surface area contributed by atoms with Gasteiger partial charge in [0.25, 0.3) is 0 Å². The zero-order valence-electron chi connectivity index (χ0n) is 12.2. The van der Waals surface area contributed by atoms with Crippen molar-refractivity contribution in [2.45, 2.75) is 38.5 Å². The van der Waals surface area contributed by atoms with Crippen molar-refractivity contribution in [3.8, 4) is 5.75 Å². The van der Waals surface area contributed by atoms with Crippen LogP contribution in [-0.4, -0.2) is 25.6 Å². The monoisotopic (exact) mass is 294 g/mol. The van der Waals surface area contributed by atoms with E-state index >= 15 is 0 Å². The molecule has 1 aromatic carbocycles. The Hall–Kier alpha value is -0.670. The molecule has 0 atom stereocenters. The molecule has 1 aliphatic carbocycles. The highest BCUT2D eigenvalue weighted by Crippen LogP contribution is 2.36. The largest absolute Gasteiger partial charge is 0.491 e. The van der Waals surface area contributed by atoms with Gasteiger partial charge in [0.15, 0.2) is 0 Å². The van der Waals surface area contributed by atoms with Crippen LogP contribution in [0.1, 0.15) is 38.5 Å². The summed E-state index contributed by atoms with van der Waals surface area (Å²) in [5.41, 5.74) is 0.298. The number of hydrogen-bond acceptors (Lipinski definition) is 3. The molecule has 2 nitrogen and oxygen atoms in total. The van der Waals surface area contributed by atoms with Gasteiger partial charge in [0.05, 0.1) is 13.2 Å². The Bertz CT molecular complexity index is 359. The molecule has 1 aromatic rings. The summed E-state index contributed by atoms with van der Waals surface area (Å²) >= 11 is 4.57. The van der Waals surface area contributed by atoms with E-state index in [1.165, 1.54) is 38.5 Å². The highest BCUT2D eigenvalue weighted by Gasteiger charge is 2.29. The van der Waals surface area contributed by atoms with Crippen molar-refractivity contribution in [3.05, 3.63) is 30.3 Å². The average molecular weight is 294 g/mol. The van der Waals surface area contributed by atoms with Gasteiger partial charge in [-0.15, -0.1) is 0 Å². The molecule has 1 fully saturated rings. The number of benzene rings is 1. The minimum absolute atomic E-state index is 0.298. The first-order chi connectivity index (χ1) is 9.85. The Morgan fingerprint density at radius 1 is 0.950 bits per heavy atom. The summed E-state index contributed by atoms with van der Waals surface area (Å²) in [4.78, 5) is 0. The first-order valence-corrected chi connectivity index (χ1v) is 8.34. The summed E-state index contributed by atoms with van der Waals surface area (Å²) in [6, 6.07) is 9.90. The topological polar surface area (TPSA) is 18.5 Å². The van der Waals surface area contributed by atoms with Crippen molar-refractivity contribution < 1.29 is 9.47 Å². The number of rotatable bonds is 7. The molecule has 0 unspecified atom stereocenters. The van der Waals surface area contributed by atoms with Gasteiger partial charge < -0.3 is 9.47 Å². The van der Waals surface area contributed by atoms with Gasteiger partial charge in [-0.1, -0.05) is 43.9 Å². The second kappa shape index (κ2) is 8.58. The highest BCUT2D eigenvalue weighted by atomic mass is 32.1. The SMILES string of the molecule is SCC1(COCCOc2ccccc2)CCCCCC1. The van der Waals surface area contributed by atoms with E-state index in [9.17, 15) is 0 Å². The summed E-state index contributed by atoms with van der Waals surface area (Å²) in [6.07, 6.45) is 7.90. The Balaban J connectivity index is 1.66. The molecule has 0 amide bonds. The van der Waals surface area contributed by atoms with Crippen LogP contribution in [0.3, 0.4) is 0 Å². The second-order valence-electron chi connectivity index (χ2n) is 5.79. The number of para-hydroxylation sites is 1. The molecule has 1 saturated carbocycles. The smallest absolute Gasteiger partial charge is 0.119 e. The van der Waals surface area contributed by atoms with Gasteiger partial charge in [0, 0.05) is 5.41 Å².